The highest BCUT2D eigenvalue weighted by atomic mass is 32.2. The van der Waals surface area contributed by atoms with Crippen LogP contribution in [-0.4, -0.2) is 133 Å². The summed E-state index contributed by atoms with van der Waals surface area (Å²) in [4.78, 5) is 120. The van der Waals surface area contributed by atoms with Crippen LogP contribution in [0.4, 0.5) is 4.39 Å². The predicted molar refractivity (Wildman–Crippen MR) is 258 cm³/mol. The number of nitrogens with one attached hydrogen (secondary N) is 6. The van der Waals surface area contributed by atoms with Gasteiger partial charge in [0.05, 0.1) is 24.2 Å². The number of imidazole rings is 1. The van der Waals surface area contributed by atoms with Gasteiger partial charge in [-0.15, -0.1) is 11.8 Å². The van der Waals surface area contributed by atoms with Gasteiger partial charge in [-0.1, -0.05) is 84.7 Å². The zero-order valence-corrected chi connectivity index (χ0v) is 41.3. The lowest BCUT2D eigenvalue weighted by Crippen LogP contribution is -2.61. The summed E-state index contributed by atoms with van der Waals surface area (Å²) in [5, 5.41) is 22.8. The van der Waals surface area contributed by atoms with Crippen molar-refractivity contribution in [1.82, 2.24) is 46.4 Å². The van der Waals surface area contributed by atoms with Crippen molar-refractivity contribution in [2.24, 2.45) is 23.5 Å². The van der Waals surface area contributed by atoms with Gasteiger partial charge in [-0.3, -0.25) is 38.5 Å². The second-order valence-electron chi connectivity index (χ2n) is 17.9. The molecule has 1 fully saturated rings. The summed E-state index contributed by atoms with van der Waals surface area (Å²) in [5.41, 5.74) is 7.57. The number of ether oxygens (including phenoxy) is 1. The molecule has 382 valence electrons. The summed E-state index contributed by atoms with van der Waals surface area (Å²) in [6, 6.07) is 4.59. The highest BCUT2D eigenvalue weighted by Gasteiger charge is 2.40. The molecule has 1 aliphatic heterocycles. The Morgan fingerprint density at radius 3 is 2.06 bits per heavy atom. The lowest BCUT2D eigenvalue weighted by Gasteiger charge is -2.31. The number of H-pyrrole nitrogens is 1. The second kappa shape index (κ2) is 27.7. The molecule has 4 rings (SSSR count). The first-order chi connectivity index (χ1) is 33.3. The fourth-order valence-electron chi connectivity index (χ4n) is 7.49. The monoisotopic (exact) mass is 993 g/mol. The Morgan fingerprint density at radius 1 is 0.843 bits per heavy atom. The molecule has 3 aromatic rings. The number of aromatic nitrogens is 3. The number of carboxylic acids is 1. The molecule has 0 radical (unpaired) electrons. The molecule has 0 aliphatic carbocycles. The summed E-state index contributed by atoms with van der Waals surface area (Å²) in [6.07, 6.45) is 5.46. The number of nitrogens with zero attached hydrogens (tertiary/aromatic N) is 3. The summed E-state index contributed by atoms with van der Waals surface area (Å²) < 4.78 is 19.2. The zero-order valence-electron chi connectivity index (χ0n) is 40.4. The number of rotatable bonds is 29. The van der Waals surface area contributed by atoms with Gasteiger partial charge >= 0.3 is 5.97 Å². The fraction of sp³-hybridized carbons (Fsp3) is 0.542. The van der Waals surface area contributed by atoms with E-state index in [1.165, 1.54) is 24.7 Å². The minimum absolute atomic E-state index is 0.00310. The number of benzene rings is 1. The van der Waals surface area contributed by atoms with E-state index >= 15 is 0 Å². The van der Waals surface area contributed by atoms with Crippen molar-refractivity contribution in [3.8, 4) is 5.75 Å². The average Bonchev–Trinajstić information content (AvgIpc) is 3.94. The number of carbonyl (C=O) groups excluding carboxylic acids is 7. The first-order valence-corrected chi connectivity index (χ1v) is 24.6. The van der Waals surface area contributed by atoms with E-state index < -0.39 is 107 Å². The van der Waals surface area contributed by atoms with Crippen molar-refractivity contribution in [3.05, 3.63) is 78.4 Å². The summed E-state index contributed by atoms with van der Waals surface area (Å²) >= 11 is 0.901. The first-order valence-electron chi connectivity index (χ1n) is 23.5. The summed E-state index contributed by atoms with van der Waals surface area (Å²) in [7, 11) is 0. The molecular formula is C48H67FN10O10S. The predicted octanol–water partition coefficient (Wildman–Crippen LogP) is 2.03. The van der Waals surface area contributed by atoms with Crippen molar-refractivity contribution >= 4 is 59.1 Å². The molecule has 0 saturated carbocycles. The van der Waals surface area contributed by atoms with Crippen molar-refractivity contribution in [2.45, 2.75) is 128 Å². The molecule has 0 spiro atoms. The number of pyridine rings is 1. The maximum absolute atomic E-state index is 14.2. The van der Waals surface area contributed by atoms with Gasteiger partial charge in [-0.2, -0.15) is 4.39 Å². The first kappa shape index (κ1) is 56.2. The lowest BCUT2D eigenvalue weighted by atomic mass is 9.94. The fourth-order valence-corrected chi connectivity index (χ4v) is 8.67. The number of carbonyl (C=O) groups is 8. The van der Waals surface area contributed by atoms with E-state index in [1.807, 2.05) is 26.8 Å². The van der Waals surface area contributed by atoms with Gasteiger partial charge in [0.15, 0.2) is 5.75 Å². The summed E-state index contributed by atoms with van der Waals surface area (Å²) in [6.45, 7) is 10.7. The van der Waals surface area contributed by atoms with Crippen LogP contribution in [-0.2, 0) is 51.2 Å². The molecule has 1 unspecified atom stereocenters. The van der Waals surface area contributed by atoms with Crippen molar-refractivity contribution < 1.29 is 52.6 Å². The standard InChI is InChI=1S/C48H67FN10O10S/c1-7-28(5)39(45(64)56-35(48(67)68)25-70-37-23-38(60)59(47(37)66)18-13-19-69-36-16-12-17-52-41(36)49)58-46(65)40(29(6)8-2)57-44(63)33(20-27(3)4)55-43(62)34(21-30-14-10-9-11-15-30)54-42(61)32(50)22-31-24-51-26-53-31/h9-12,14-17,24,26-29,32-35,37,39-40H,7-8,13,18-23,25,50H2,1-6H3,(H,51,53)(H,54,61)(H,55,62)(H,56,64)(H,57,63)(H,58,65)(H,67,68)/t28-,29-,32-,33-,34-,35-,37?,39-,40-/m0/s1/i49-1. The van der Waals surface area contributed by atoms with Gasteiger partial charge in [0.25, 0.3) is 5.95 Å². The number of hydrogen-bond donors (Lipinski definition) is 8. The van der Waals surface area contributed by atoms with Crippen LogP contribution in [0.1, 0.15) is 84.9 Å². The van der Waals surface area contributed by atoms with Gasteiger partial charge in [0, 0.05) is 49.6 Å². The molecule has 7 amide bonds. The molecule has 1 aromatic carbocycles. The Bertz CT molecular complexity index is 2240. The zero-order chi connectivity index (χ0) is 51.5. The molecule has 9 atom stereocenters. The third-order valence-electron chi connectivity index (χ3n) is 12.0. The smallest absolute Gasteiger partial charge is 0.327 e. The number of halogens is 1. The quantitative estimate of drug-likeness (QED) is 0.0281. The van der Waals surface area contributed by atoms with E-state index in [-0.39, 0.29) is 62.7 Å². The molecule has 1 aliphatic rings. The minimum atomic E-state index is -1.52. The highest BCUT2D eigenvalue weighted by molar-refractivity contribution is 8.00. The molecule has 2 aromatic heterocycles. The molecule has 22 heteroatoms. The van der Waals surface area contributed by atoms with E-state index in [1.54, 1.807) is 51.2 Å². The van der Waals surface area contributed by atoms with Crippen LogP contribution in [0.2, 0.25) is 0 Å². The van der Waals surface area contributed by atoms with Crippen LogP contribution in [0.15, 0.2) is 61.2 Å². The van der Waals surface area contributed by atoms with Gasteiger partial charge in [0.2, 0.25) is 41.4 Å². The Morgan fingerprint density at radius 2 is 1.46 bits per heavy atom. The van der Waals surface area contributed by atoms with Gasteiger partial charge < -0.3 is 47.1 Å². The number of amides is 7. The average molecular weight is 994 g/mol. The number of hydrogen-bond acceptors (Lipinski definition) is 13. The maximum atomic E-state index is 14.2. The van der Waals surface area contributed by atoms with Gasteiger partial charge in [-0.05, 0) is 48.3 Å². The van der Waals surface area contributed by atoms with E-state index in [4.69, 9.17) is 10.5 Å². The Hall–Kier alpha value is -6.42. The summed E-state index contributed by atoms with van der Waals surface area (Å²) in [5.74, 6) is -8.12. The number of nitrogens with two attached hydrogens (primary N) is 1. The van der Waals surface area contributed by atoms with E-state index in [9.17, 15) is 47.9 Å². The molecule has 20 nitrogen and oxygen atoms in total. The molecule has 3 heterocycles. The van der Waals surface area contributed by atoms with E-state index in [0.717, 1.165) is 22.2 Å². The minimum Gasteiger partial charge on any atom is -0.489 e. The third kappa shape index (κ3) is 16.9. The van der Waals surface area contributed by atoms with E-state index in [2.05, 4.69) is 41.5 Å². The number of aromatic amines is 1. The van der Waals surface area contributed by atoms with Crippen molar-refractivity contribution in [2.75, 3.05) is 18.9 Å². The largest absolute Gasteiger partial charge is 0.489 e. The van der Waals surface area contributed by atoms with Crippen molar-refractivity contribution in [3.63, 3.8) is 0 Å². The van der Waals surface area contributed by atoms with Crippen LogP contribution >= 0.6 is 11.8 Å². The highest BCUT2D eigenvalue weighted by Crippen LogP contribution is 2.26. The van der Waals surface area contributed by atoms with Crippen molar-refractivity contribution in [1.29, 1.82) is 0 Å². The Kier molecular flexibility index (Phi) is 22.2. The Balaban J connectivity index is 1.42. The van der Waals surface area contributed by atoms with Crippen LogP contribution in [0.5, 0.6) is 5.75 Å². The number of aliphatic carboxylic acids is 1. The number of likely N-dealkylation sites (tertiary alicyclic amines) is 1. The van der Waals surface area contributed by atoms with Crippen LogP contribution < -0.4 is 37.1 Å². The number of carboxylic acid groups (broad SMARTS) is 1. The molecule has 0 bridgehead atoms. The van der Waals surface area contributed by atoms with Crippen LogP contribution in [0.3, 0.4) is 0 Å². The lowest BCUT2D eigenvalue weighted by molar-refractivity contribution is -0.142. The van der Waals surface area contributed by atoms with Crippen LogP contribution in [0, 0.1) is 23.7 Å². The second-order valence-corrected chi connectivity index (χ2v) is 19.1. The molecular weight excluding hydrogens is 927 g/mol. The number of imide groups is 1. The topological polar surface area (TPSA) is 297 Å². The van der Waals surface area contributed by atoms with Gasteiger partial charge in [0.1, 0.15) is 30.2 Å². The normalized spacial score (nSPS) is 17.0. The SMILES string of the molecule is CC[C@H](C)[C@H](NC(=O)[C@H](CC(C)C)NC(=O)[C@H](Cc1ccccc1)NC(=O)[C@@H](N)Cc1cnc[nH]1)C(=O)N[C@H](C(=O)N[C@@H](CSC1CC(=O)N(CCCOc2cccnc2[18F])C1=O)C(=O)O)[C@@H](C)CC. The number of thioether (sulfide) groups is 1. The Labute approximate surface area is 411 Å². The molecule has 70 heavy (non-hydrogen) atoms. The van der Waals surface area contributed by atoms with E-state index in [0.29, 0.717) is 18.5 Å². The molecule has 9 N–H and O–H groups in total. The van der Waals surface area contributed by atoms with Gasteiger partial charge in [-0.25, -0.2) is 14.8 Å². The maximum Gasteiger partial charge on any atom is 0.327 e. The molecule has 1 saturated heterocycles. The third-order valence-corrected chi connectivity index (χ3v) is 13.3. The van der Waals surface area contributed by atoms with Crippen LogP contribution in [0.25, 0.3) is 0 Å².